The number of allylic oxidation sites excluding steroid dienone is 2. The van der Waals surface area contributed by atoms with Crippen LogP contribution in [0.2, 0.25) is 0 Å². The fourth-order valence-corrected chi connectivity index (χ4v) is 1.77. The third-order valence-corrected chi connectivity index (χ3v) is 2.97. The minimum absolute atomic E-state index is 0.147. The molecule has 0 heterocycles. The van der Waals surface area contributed by atoms with Gasteiger partial charge in [-0.05, 0) is 25.0 Å². The molecule has 0 aliphatic heterocycles. The molecule has 0 amide bonds. The second kappa shape index (κ2) is 5.33. The van der Waals surface area contributed by atoms with Crippen molar-refractivity contribution < 1.29 is 5.11 Å². The Hall–Kier alpha value is -1.34. The molecule has 1 unspecified atom stereocenters. The summed E-state index contributed by atoms with van der Waals surface area (Å²) < 4.78 is 0. The molecule has 1 atom stereocenters. The van der Waals surface area contributed by atoms with Crippen molar-refractivity contribution in [2.24, 2.45) is 5.41 Å². The molecule has 0 aliphatic rings. The molecular formula is C16H22O. The lowest BCUT2D eigenvalue weighted by molar-refractivity contribution is 0.244. The fraction of sp³-hybridized carbons (Fsp3) is 0.375. The van der Waals surface area contributed by atoms with E-state index in [-0.39, 0.29) is 5.41 Å². The molecule has 92 valence electrons. The van der Waals surface area contributed by atoms with E-state index < -0.39 is 6.10 Å². The van der Waals surface area contributed by atoms with E-state index in [1.807, 2.05) is 12.2 Å². The molecule has 17 heavy (non-hydrogen) atoms. The van der Waals surface area contributed by atoms with Crippen LogP contribution < -0.4 is 0 Å². The van der Waals surface area contributed by atoms with Gasteiger partial charge < -0.3 is 5.11 Å². The van der Waals surface area contributed by atoms with Crippen LogP contribution in [0.4, 0.5) is 0 Å². The first kappa shape index (κ1) is 13.7. The molecule has 0 fully saturated rings. The van der Waals surface area contributed by atoms with Crippen molar-refractivity contribution in [1.82, 2.24) is 0 Å². The first-order valence-electron chi connectivity index (χ1n) is 5.98. The Morgan fingerprint density at radius 3 is 2.24 bits per heavy atom. The van der Waals surface area contributed by atoms with E-state index >= 15 is 0 Å². The monoisotopic (exact) mass is 230 g/mol. The number of aliphatic hydroxyl groups is 1. The van der Waals surface area contributed by atoms with Crippen LogP contribution in [-0.2, 0) is 0 Å². The summed E-state index contributed by atoms with van der Waals surface area (Å²) in [5.74, 6) is 0. The van der Waals surface area contributed by atoms with Gasteiger partial charge in [-0.1, -0.05) is 55.8 Å². The summed E-state index contributed by atoms with van der Waals surface area (Å²) in [5.41, 5.74) is 3.34. The third-order valence-electron chi connectivity index (χ3n) is 2.97. The van der Waals surface area contributed by atoms with Crippen molar-refractivity contribution in [3.8, 4) is 0 Å². The molecule has 0 aliphatic carbocycles. The largest absolute Gasteiger partial charge is 0.389 e. The fourth-order valence-electron chi connectivity index (χ4n) is 1.77. The molecule has 1 heteroatoms. The molecule has 1 aromatic carbocycles. The quantitative estimate of drug-likeness (QED) is 0.776. The van der Waals surface area contributed by atoms with Crippen LogP contribution in [0.25, 0.3) is 5.57 Å². The average Bonchev–Trinajstić information content (AvgIpc) is 2.27. The van der Waals surface area contributed by atoms with Gasteiger partial charge in [0.1, 0.15) is 0 Å². The summed E-state index contributed by atoms with van der Waals surface area (Å²) in [6, 6.07) is 8.36. The first-order valence-corrected chi connectivity index (χ1v) is 5.98. The maximum atomic E-state index is 9.59. The second-order valence-electron chi connectivity index (χ2n) is 5.11. The van der Waals surface area contributed by atoms with E-state index in [0.717, 1.165) is 11.1 Å². The molecule has 0 bridgehead atoms. The number of hydrogen-bond donors (Lipinski definition) is 1. The highest BCUT2D eigenvalue weighted by molar-refractivity contribution is 5.71. The predicted molar refractivity (Wildman–Crippen MR) is 74.8 cm³/mol. The molecule has 1 nitrogen and oxygen atoms in total. The van der Waals surface area contributed by atoms with Crippen molar-refractivity contribution in [2.75, 3.05) is 0 Å². The van der Waals surface area contributed by atoms with E-state index in [1.165, 1.54) is 5.56 Å². The van der Waals surface area contributed by atoms with Gasteiger partial charge in [-0.15, -0.1) is 6.58 Å². The summed E-state index contributed by atoms with van der Waals surface area (Å²) in [6.45, 7) is 11.9. The lowest BCUT2D eigenvalue weighted by Gasteiger charge is -2.25. The van der Waals surface area contributed by atoms with Crippen molar-refractivity contribution in [1.29, 1.82) is 0 Å². The lowest BCUT2D eigenvalue weighted by Crippen LogP contribution is -2.12. The van der Waals surface area contributed by atoms with Gasteiger partial charge in [-0.2, -0.15) is 0 Å². The van der Waals surface area contributed by atoms with E-state index in [2.05, 4.69) is 51.6 Å². The normalized spacial score (nSPS) is 14.5. The number of benzene rings is 1. The molecule has 1 N–H and O–H groups in total. The van der Waals surface area contributed by atoms with Gasteiger partial charge in [0.25, 0.3) is 0 Å². The van der Waals surface area contributed by atoms with Crippen LogP contribution in [0.1, 0.15) is 31.9 Å². The maximum absolute atomic E-state index is 9.59. The SMILES string of the molecule is C=CC(C)(C)/C(=C\C(C)O)c1ccc(C)cc1. The maximum Gasteiger partial charge on any atom is 0.0698 e. The zero-order valence-corrected chi connectivity index (χ0v) is 11.2. The predicted octanol–water partition coefficient (Wildman–Crippen LogP) is 3.97. The topological polar surface area (TPSA) is 20.2 Å². The van der Waals surface area contributed by atoms with E-state index in [4.69, 9.17) is 0 Å². The summed E-state index contributed by atoms with van der Waals surface area (Å²) in [7, 11) is 0. The summed E-state index contributed by atoms with van der Waals surface area (Å²) >= 11 is 0. The Morgan fingerprint density at radius 2 is 1.82 bits per heavy atom. The van der Waals surface area contributed by atoms with Crippen molar-refractivity contribution >= 4 is 5.57 Å². The molecule has 1 aromatic rings. The summed E-state index contributed by atoms with van der Waals surface area (Å²) in [4.78, 5) is 0. The molecule has 0 spiro atoms. The van der Waals surface area contributed by atoms with Gasteiger partial charge in [0.2, 0.25) is 0 Å². The molecule has 0 saturated heterocycles. The van der Waals surface area contributed by atoms with Gasteiger partial charge in [-0.3, -0.25) is 0 Å². The standard InChI is InChI=1S/C16H22O/c1-6-16(4,5)15(11-13(3)17)14-9-7-12(2)8-10-14/h6-11,13,17H,1H2,2-5H3/b15-11-. The lowest BCUT2D eigenvalue weighted by atomic mass is 9.79. The zero-order chi connectivity index (χ0) is 13.1. The summed E-state index contributed by atoms with van der Waals surface area (Å²) in [5, 5.41) is 9.59. The Kier molecular flexibility index (Phi) is 4.30. The van der Waals surface area contributed by atoms with Gasteiger partial charge in [-0.25, -0.2) is 0 Å². The minimum atomic E-state index is -0.453. The van der Waals surface area contributed by atoms with Gasteiger partial charge in [0.05, 0.1) is 6.10 Å². The van der Waals surface area contributed by atoms with Gasteiger partial charge >= 0.3 is 0 Å². The highest BCUT2D eigenvalue weighted by Gasteiger charge is 2.21. The van der Waals surface area contributed by atoms with E-state index in [0.29, 0.717) is 0 Å². The number of aryl methyl sites for hydroxylation is 1. The third kappa shape index (κ3) is 3.57. The van der Waals surface area contributed by atoms with Crippen LogP contribution in [0.5, 0.6) is 0 Å². The number of rotatable bonds is 4. The number of aliphatic hydroxyl groups excluding tert-OH is 1. The van der Waals surface area contributed by atoms with Crippen molar-refractivity contribution in [2.45, 2.75) is 33.8 Å². The molecule has 0 radical (unpaired) electrons. The first-order chi connectivity index (χ1) is 7.86. The average molecular weight is 230 g/mol. The summed E-state index contributed by atoms with van der Waals surface area (Å²) in [6.07, 6.45) is 3.36. The number of hydrogen-bond acceptors (Lipinski definition) is 1. The van der Waals surface area contributed by atoms with Crippen molar-refractivity contribution in [3.63, 3.8) is 0 Å². The molecule has 1 rings (SSSR count). The second-order valence-corrected chi connectivity index (χ2v) is 5.11. The Bertz CT molecular complexity index is 408. The highest BCUT2D eigenvalue weighted by atomic mass is 16.3. The Balaban J connectivity index is 3.25. The Labute approximate surface area is 104 Å². The molecular weight excluding hydrogens is 208 g/mol. The minimum Gasteiger partial charge on any atom is -0.389 e. The van der Waals surface area contributed by atoms with E-state index in [1.54, 1.807) is 6.92 Å². The van der Waals surface area contributed by atoms with Gasteiger partial charge in [0, 0.05) is 5.41 Å². The van der Waals surface area contributed by atoms with Crippen LogP contribution in [-0.4, -0.2) is 11.2 Å². The highest BCUT2D eigenvalue weighted by Crippen LogP contribution is 2.35. The van der Waals surface area contributed by atoms with Crippen LogP contribution in [0.15, 0.2) is 43.0 Å². The zero-order valence-electron chi connectivity index (χ0n) is 11.2. The molecule has 0 aromatic heterocycles. The van der Waals surface area contributed by atoms with Crippen LogP contribution in [0.3, 0.4) is 0 Å². The van der Waals surface area contributed by atoms with E-state index in [9.17, 15) is 5.11 Å². The Morgan fingerprint density at radius 1 is 1.29 bits per heavy atom. The van der Waals surface area contributed by atoms with Crippen molar-refractivity contribution in [3.05, 3.63) is 54.1 Å². The van der Waals surface area contributed by atoms with Crippen LogP contribution >= 0.6 is 0 Å². The van der Waals surface area contributed by atoms with Gasteiger partial charge in [0.15, 0.2) is 0 Å². The smallest absolute Gasteiger partial charge is 0.0698 e. The molecule has 0 saturated carbocycles. The van der Waals surface area contributed by atoms with Crippen LogP contribution in [0, 0.1) is 12.3 Å².